The molecule has 3 rings (SSSR count). The summed E-state index contributed by atoms with van der Waals surface area (Å²) in [4.78, 5) is 1.19. The number of phenolic OH excluding ortho intramolecular Hbond substituents is 1. The lowest BCUT2D eigenvalue weighted by molar-refractivity contribution is 0.469. The van der Waals surface area contributed by atoms with Crippen LogP contribution in [0.15, 0.2) is 89.8 Å². The molecule has 2 heteroatoms. The first-order valence-electron chi connectivity index (χ1n) is 6.89. The highest BCUT2D eigenvalue weighted by atomic mass is 32.2. The number of thioether (sulfide) groups is 1. The van der Waals surface area contributed by atoms with E-state index in [1.807, 2.05) is 54.6 Å². The fourth-order valence-corrected chi connectivity index (χ4v) is 3.49. The van der Waals surface area contributed by atoms with Gasteiger partial charge in [0.25, 0.3) is 0 Å². The summed E-state index contributed by atoms with van der Waals surface area (Å²) in [5, 5.41) is 10.3. The molecule has 0 amide bonds. The predicted octanol–water partition coefficient (Wildman–Crippen LogP) is 5.27. The fourth-order valence-electron chi connectivity index (χ4n) is 2.28. The number of benzene rings is 3. The summed E-state index contributed by atoms with van der Waals surface area (Å²) < 4.78 is 0. The predicted molar refractivity (Wildman–Crippen MR) is 88.7 cm³/mol. The van der Waals surface area contributed by atoms with Gasteiger partial charge in [-0.3, -0.25) is 0 Å². The average molecular weight is 292 g/mol. The van der Waals surface area contributed by atoms with E-state index in [0.29, 0.717) is 5.75 Å². The lowest BCUT2D eigenvalue weighted by Crippen LogP contribution is -1.97. The second-order valence-corrected chi connectivity index (χ2v) is 5.96. The minimum Gasteiger partial charge on any atom is -0.508 e. The number of para-hydroxylation sites is 1. The van der Waals surface area contributed by atoms with E-state index in [1.54, 1.807) is 17.8 Å². The summed E-state index contributed by atoms with van der Waals surface area (Å²) in [5.41, 5.74) is 2.13. The van der Waals surface area contributed by atoms with Gasteiger partial charge in [-0.1, -0.05) is 66.7 Å². The third kappa shape index (κ3) is 3.29. The van der Waals surface area contributed by atoms with E-state index in [9.17, 15) is 5.11 Å². The highest BCUT2D eigenvalue weighted by Gasteiger charge is 2.18. The average Bonchev–Trinajstić information content (AvgIpc) is 2.55. The van der Waals surface area contributed by atoms with Crippen molar-refractivity contribution >= 4 is 11.8 Å². The Balaban J connectivity index is 2.02. The van der Waals surface area contributed by atoms with Crippen molar-refractivity contribution in [2.24, 2.45) is 0 Å². The second kappa shape index (κ2) is 6.51. The smallest absolute Gasteiger partial charge is 0.120 e. The lowest BCUT2D eigenvalue weighted by Gasteiger charge is -2.18. The molecule has 3 aromatic carbocycles. The van der Waals surface area contributed by atoms with Crippen LogP contribution in [-0.2, 0) is 0 Å². The van der Waals surface area contributed by atoms with Crippen LogP contribution in [0, 0.1) is 0 Å². The minimum absolute atomic E-state index is 0.0785. The molecule has 0 saturated carbocycles. The molecule has 1 atom stereocenters. The Morgan fingerprint density at radius 2 is 1.24 bits per heavy atom. The van der Waals surface area contributed by atoms with E-state index in [4.69, 9.17) is 0 Å². The van der Waals surface area contributed by atoms with Gasteiger partial charge >= 0.3 is 0 Å². The third-order valence-electron chi connectivity index (χ3n) is 3.32. The van der Waals surface area contributed by atoms with Gasteiger partial charge in [0.15, 0.2) is 0 Å². The zero-order valence-corrected chi connectivity index (χ0v) is 12.3. The van der Waals surface area contributed by atoms with Crippen LogP contribution in [0.4, 0.5) is 0 Å². The quantitative estimate of drug-likeness (QED) is 0.661. The van der Waals surface area contributed by atoms with Crippen LogP contribution in [0.3, 0.4) is 0 Å². The summed E-state index contributed by atoms with van der Waals surface area (Å²) in [7, 11) is 0. The molecule has 0 fully saturated rings. The zero-order chi connectivity index (χ0) is 14.5. The number of hydrogen-bond donors (Lipinski definition) is 1. The van der Waals surface area contributed by atoms with Gasteiger partial charge < -0.3 is 5.11 Å². The first-order valence-corrected chi connectivity index (χ1v) is 7.77. The summed E-state index contributed by atoms with van der Waals surface area (Å²) in [6, 6.07) is 28.1. The maximum Gasteiger partial charge on any atom is 0.120 e. The van der Waals surface area contributed by atoms with Crippen LogP contribution in [0.1, 0.15) is 16.4 Å². The molecule has 0 heterocycles. The van der Waals surface area contributed by atoms with Gasteiger partial charge in [-0.05, 0) is 23.8 Å². The molecule has 0 saturated heterocycles. The summed E-state index contributed by atoms with van der Waals surface area (Å²) >= 11 is 1.75. The van der Waals surface area contributed by atoms with Crippen molar-refractivity contribution in [2.75, 3.05) is 0 Å². The van der Waals surface area contributed by atoms with Gasteiger partial charge in [0.05, 0.1) is 5.25 Å². The minimum atomic E-state index is 0.0785. The van der Waals surface area contributed by atoms with Crippen LogP contribution in [0.2, 0.25) is 0 Å². The molecule has 0 aliphatic rings. The highest BCUT2D eigenvalue weighted by Crippen LogP contribution is 2.43. The highest BCUT2D eigenvalue weighted by molar-refractivity contribution is 7.99. The summed E-state index contributed by atoms with van der Waals surface area (Å²) in [6.07, 6.45) is 0. The molecular weight excluding hydrogens is 276 g/mol. The van der Waals surface area contributed by atoms with Crippen molar-refractivity contribution in [1.29, 1.82) is 0 Å². The number of hydrogen-bond acceptors (Lipinski definition) is 2. The Kier molecular flexibility index (Phi) is 4.27. The molecule has 0 aliphatic carbocycles. The van der Waals surface area contributed by atoms with E-state index in [-0.39, 0.29) is 5.25 Å². The van der Waals surface area contributed by atoms with Gasteiger partial charge in [-0.2, -0.15) is 0 Å². The van der Waals surface area contributed by atoms with Crippen molar-refractivity contribution in [2.45, 2.75) is 10.1 Å². The van der Waals surface area contributed by atoms with E-state index in [0.717, 1.165) is 5.56 Å². The maximum atomic E-state index is 10.2. The third-order valence-corrected chi connectivity index (χ3v) is 4.62. The van der Waals surface area contributed by atoms with Crippen LogP contribution >= 0.6 is 11.8 Å². The standard InChI is InChI=1S/C19H16OS/c20-18-14-8-7-13-17(18)19(15-9-3-1-4-10-15)21-16-11-5-2-6-12-16/h1-14,19-20H/t19-/m1/s1. The van der Waals surface area contributed by atoms with E-state index < -0.39 is 0 Å². The topological polar surface area (TPSA) is 20.2 Å². The SMILES string of the molecule is Oc1ccccc1[C@H](Sc1ccccc1)c1ccccc1. The zero-order valence-electron chi connectivity index (χ0n) is 11.5. The Labute approximate surface area is 129 Å². The molecule has 3 aromatic rings. The Morgan fingerprint density at radius 3 is 1.90 bits per heavy atom. The second-order valence-electron chi connectivity index (χ2n) is 4.78. The maximum absolute atomic E-state index is 10.2. The van der Waals surface area contributed by atoms with Crippen LogP contribution in [-0.4, -0.2) is 5.11 Å². The van der Waals surface area contributed by atoms with Gasteiger partial charge in [-0.15, -0.1) is 11.8 Å². The van der Waals surface area contributed by atoms with Crippen molar-refractivity contribution in [1.82, 2.24) is 0 Å². The lowest BCUT2D eigenvalue weighted by atomic mass is 10.0. The first-order chi connectivity index (χ1) is 10.3. The Hall–Kier alpha value is -2.19. The molecule has 0 unspecified atom stereocenters. The molecule has 1 N–H and O–H groups in total. The van der Waals surface area contributed by atoms with E-state index in [1.165, 1.54) is 10.5 Å². The summed E-state index contributed by atoms with van der Waals surface area (Å²) in [6.45, 7) is 0. The van der Waals surface area contributed by atoms with E-state index in [2.05, 4.69) is 24.3 Å². The van der Waals surface area contributed by atoms with Crippen LogP contribution in [0.25, 0.3) is 0 Å². The first kappa shape index (κ1) is 13.8. The monoisotopic (exact) mass is 292 g/mol. The molecule has 21 heavy (non-hydrogen) atoms. The Morgan fingerprint density at radius 1 is 0.667 bits per heavy atom. The molecule has 0 aromatic heterocycles. The molecule has 1 nitrogen and oxygen atoms in total. The van der Waals surface area contributed by atoms with Crippen molar-refractivity contribution in [3.05, 3.63) is 96.1 Å². The summed E-state index contributed by atoms with van der Waals surface area (Å²) in [5.74, 6) is 0.342. The van der Waals surface area contributed by atoms with Crippen molar-refractivity contribution < 1.29 is 5.11 Å². The Bertz CT molecular complexity index is 695. The molecule has 0 radical (unpaired) electrons. The van der Waals surface area contributed by atoms with Gasteiger partial charge in [0.2, 0.25) is 0 Å². The molecular formula is C19H16OS. The number of rotatable bonds is 4. The van der Waals surface area contributed by atoms with Crippen molar-refractivity contribution in [3.8, 4) is 5.75 Å². The largest absolute Gasteiger partial charge is 0.508 e. The fraction of sp³-hybridized carbons (Fsp3) is 0.0526. The number of phenols is 1. The van der Waals surface area contributed by atoms with Crippen LogP contribution < -0.4 is 0 Å². The van der Waals surface area contributed by atoms with Crippen molar-refractivity contribution in [3.63, 3.8) is 0 Å². The van der Waals surface area contributed by atoms with Gasteiger partial charge in [0, 0.05) is 10.5 Å². The molecule has 104 valence electrons. The van der Waals surface area contributed by atoms with Crippen LogP contribution in [0.5, 0.6) is 5.75 Å². The normalized spacial score (nSPS) is 12.0. The molecule has 0 aliphatic heterocycles. The van der Waals surface area contributed by atoms with E-state index >= 15 is 0 Å². The molecule has 0 bridgehead atoms. The molecule has 0 spiro atoms. The number of aromatic hydroxyl groups is 1. The van der Waals surface area contributed by atoms with Gasteiger partial charge in [0.1, 0.15) is 5.75 Å². The van der Waals surface area contributed by atoms with Gasteiger partial charge in [-0.25, -0.2) is 0 Å².